The largest absolute Gasteiger partial charge is 0.370 e. The molecule has 4 aliphatic rings. The molecule has 4 atom stereocenters. The van der Waals surface area contributed by atoms with Crippen molar-refractivity contribution in [3.8, 4) is 0 Å². The molecule has 4 heterocycles. The Kier molecular flexibility index (Phi) is 4.68. The first-order valence-electron chi connectivity index (χ1n) is 10.8. The van der Waals surface area contributed by atoms with Crippen LogP contribution in [0, 0.1) is 17.8 Å². The van der Waals surface area contributed by atoms with Crippen molar-refractivity contribution in [2.24, 2.45) is 17.8 Å². The summed E-state index contributed by atoms with van der Waals surface area (Å²) in [5, 5.41) is 3.26. The zero-order valence-corrected chi connectivity index (χ0v) is 16.1. The van der Waals surface area contributed by atoms with E-state index < -0.39 is 0 Å². The summed E-state index contributed by atoms with van der Waals surface area (Å²) >= 11 is 0. The second-order valence-corrected chi connectivity index (χ2v) is 9.21. The van der Waals surface area contributed by atoms with E-state index in [0.717, 1.165) is 39.0 Å². The molecule has 3 aliphatic heterocycles. The van der Waals surface area contributed by atoms with Crippen LogP contribution in [0.2, 0.25) is 0 Å². The highest BCUT2D eigenvalue weighted by Crippen LogP contribution is 2.54. The Hall–Kier alpha value is -1.46. The van der Waals surface area contributed by atoms with E-state index in [1.54, 1.807) is 0 Å². The number of likely N-dealkylation sites (tertiary alicyclic amines) is 1. The molecule has 1 N–H and O–H groups in total. The lowest BCUT2D eigenvalue weighted by molar-refractivity contribution is -0.122. The van der Waals surface area contributed by atoms with Gasteiger partial charge in [-0.2, -0.15) is 0 Å². The van der Waals surface area contributed by atoms with Gasteiger partial charge >= 0.3 is 0 Å². The first-order chi connectivity index (χ1) is 13.2. The number of aromatic nitrogens is 1. The predicted octanol–water partition coefficient (Wildman–Crippen LogP) is 2.76. The molecule has 1 aromatic heterocycles. The van der Waals surface area contributed by atoms with Crippen LogP contribution in [0.5, 0.6) is 0 Å². The van der Waals surface area contributed by atoms with Crippen molar-refractivity contribution in [2.45, 2.75) is 63.2 Å². The van der Waals surface area contributed by atoms with Crippen molar-refractivity contribution in [1.29, 1.82) is 0 Å². The second kappa shape index (κ2) is 7.17. The Bertz CT molecular complexity index is 675. The normalized spacial score (nSPS) is 35.6. The lowest BCUT2D eigenvalue weighted by atomic mass is 9.73. The molecule has 1 spiro atoms. The maximum absolute atomic E-state index is 12.4. The van der Waals surface area contributed by atoms with Crippen LogP contribution in [0.15, 0.2) is 24.5 Å². The fourth-order valence-electron chi connectivity index (χ4n) is 6.21. The smallest absolute Gasteiger partial charge is 0.220 e. The van der Waals surface area contributed by atoms with Gasteiger partial charge in [-0.1, -0.05) is 12.8 Å². The lowest BCUT2D eigenvalue weighted by Crippen LogP contribution is -2.42. The molecular formula is C22H31N3O2. The summed E-state index contributed by atoms with van der Waals surface area (Å²) in [5.41, 5.74) is 1.36. The van der Waals surface area contributed by atoms with Gasteiger partial charge < -0.3 is 10.1 Å². The van der Waals surface area contributed by atoms with Gasteiger partial charge in [0.1, 0.15) is 0 Å². The Morgan fingerprint density at radius 3 is 2.89 bits per heavy atom. The van der Waals surface area contributed by atoms with E-state index in [0.29, 0.717) is 23.9 Å². The molecule has 146 valence electrons. The van der Waals surface area contributed by atoms with Crippen molar-refractivity contribution in [1.82, 2.24) is 15.2 Å². The first kappa shape index (κ1) is 17.6. The summed E-state index contributed by atoms with van der Waals surface area (Å²) in [7, 11) is 0. The first-order valence-corrected chi connectivity index (χ1v) is 10.8. The van der Waals surface area contributed by atoms with Crippen LogP contribution in [0.3, 0.4) is 0 Å². The summed E-state index contributed by atoms with van der Waals surface area (Å²) in [6, 6.07) is 4.20. The third-order valence-corrected chi connectivity index (χ3v) is 7.49. The molecule has 1 aromatic rings. The Balaban J connectivity index is 1.18. The Morgan fingerprint density at radius 2 is 2.07 bits per heavy atom. The van der Waals surface area contributed by atoms with Gasteiger partial charge in [0, 0.05) is 56.8 Å². The number of nitrogens with zero attached hydrogens (tertiary/aromatic N) is 2. The van der Waals surface area contributed by atoms with E-state index in [9.17, 15) is 4.79 Å². The van der Waals surface area contributed by atoms with Crippen LogP contribution >= 0.6 is 0 Å². The standard InChI is InChI=1S/C22H31N3O2/c26-21(11-16-3-1-2-4-16)24-12-18-19-14-25(13-17-6-9-23-10-7-17)15-22(19)8-5-20(18)27-22/h6-7,9-10,16,18-20H,1-5,8,11-15H2,(H,24,26)/t18-,19+,20+,22+/m0/s1. The highest BCUT2D eigenvalue weighted by Gasteiger charge is 2.62. The van der Waals surface area contributed by atoms with Crippen molar-refractivity contribution in [2.75, 3.05) is 19.6 Å². The van der Waals surface area contributed by atoms with Crippen LogP contribution in [0.25, 0.3) is 0 Å². The maximum atomic E-state index is 12.4. The fourth-order valence-corrected chi connectivity index (χ4v) is 6.21. The number of nitrogens with one attached hydrogen (secondary N) is 1. The topological polar surface area (TPSA) is 54.5 Å². The predicted molar refractivity (Wildman–Crippen MR) is 103 cm³/mol. The summed E-state index contributed by atoms with van der Waals surface area (Å²) in [6.45, 7) is 3.88. The van der Waals surface area contributed by atoms with Crippen LogP contribution in [-0.2, 0) is 16.1 Å². The van der Waals surface area contributed by atoms with Gasteiger partial charge in [0.2, 0.25) is 5.91 Å². The molecule has 0 radical (unpaired) electrons. The average molecular weight is 370 g/mol. The molecule has 1 aliphatic carbocycles. The third-order valence-electron chi connectivity index (χ3n) is 7.49. The van der Waals surface area contributed by atoms with Gasteiger partial charge in [-0.15, -0.1) is 0 Å². The minimum Gasteiger partial charge on any atom is -0.370 e. The number of fused-ring (bicyclic) bond motifs is 1. The van der Waals surface area contributed by atoms with E-state index in [4.69, 9.17) is 4.74 Å². The summed E-state index contributed by atoms with van der Waals surface area (Å²) in [6.07, 6.45) is 12.2. The van der Waals surface area contributed by atoms with E-state index in [-0.39, 0.29) is 11.5 Å². The number of pyridine rings is 1. The van der Waals surface area contributed by atoms with Crippen molar-refractivity contribution < 1.29 is 9.53 Å². The van der Waals surface area contributed by atoms with Crippen molar-refractivity contribution in [3.05, 3.63) is 30.1 Å². The van der Waals surface area contributed by atoms with E-state index in [1.807, 2.05) is 12.4 Å². The molecule has 2 bridgehead atoms. The Labute approximate surface area is 161 Å². The minimum atomic E-state index is 0.0402. The molecule has 1 saturated carbocycles. The highest BCUT2D eigenvalue weighted by molar-refractivity contribution is 5.76. The highest BCUT2D eigenvalue weighted by atomic mass is 16.5. The van der Waals surface area contributed by atoms with E-state index >= 15 is 0 Å². The molecular weight excluding hydrogens is 338 g/mol. The molecule has 5 nitrogen and oxygen atoms in total. The van der Waals surface area contributed by atoms with E-state index in [2.05, 4.69) is 27.3 Å². The van der Waals surface area contributed by atoms with Gasteiger partial charge in [0.15, 0.2) is 0 Å². The van der Waals surface area contributed by atoms with Gasteiger partial charge in [-0.25, -0.2) is 0 Å². The van der Waals surface area contributed by atoms with Gasteiger partial charge in [-0.05, 0) is 49.3 Å². The van der Waals surface area contributed by atoms with Crippen LogP contribution in [0.1, 0.15) is 50.5 Å². The molecule has 5 rings (SSSR count). The van der Waals surface area contributed by atoms with Gasteiger partial charge in [0.05, 0.1) is 11.7 Å². The van der Waals surface area contributed by atoms with Gasteiger partial charge in [0.25, 0.3) is 0 Å². The molecule has 0 aromatic carbocycles. The van der Waals surface area contributed by atoms with Crippen LogP contribution in [-0.4, -0.2) is 47.1 Å². The monoisotopic (exact) mass is 369 g/mol. The number of carbonyl (C=O) groups excluding carboxylic acids is 1. The summed E-state index contributed by atoms with van der Waals surface area (Å²) in [4.78, 5) is 19.0. The zero-order valence-electron chi connectivity index (χ0n) is 16.1. The Morgan fingerprint density at radius 1 is 1.26 bits per heavy atom. The third kappa shape index (κ3) is 3.40. The SMILES string of the molecule is O=C(CC1CCCC1)NC[C@H]1[C@H]2CN(Cc3ccncc3)C[C@]23CC[C@H]1O3. The number of hydrogen-bond acceptors (Lipinski definition) is 4. The summed E-state index contributed by atoms with van der Waals surface area (Å²) in [5.74, 6) is 1.92. The second-order valence-electron chi connectivity index (χ2n) is 9.21. The minimum absolute atomic E-state index is 0.0402. The summed E-state index contributed by atoms with van der Waals surface area (Å²) < 4.78 is 6.52. The number of carbonyl (C=O) groups is 1. The molecule has 3 saturated heterocycles. The maximum Gasteiger partial charge on any atom is 0.220 e. The van der Waals surface area contributed by atoms with Crippen molar-refractivity contribution in [3.63, 3.8) is 0 Å². The van der Waals surface area contributed by atoms with E-state index in [1.165, 1.54) is 37.7 Å². The number of hydrogen-bond donors (Lipinski definition) is 1. The molecule has 4 fully saturated rings. The van der Waals surface area contributed by atoms with Crippen LogP contribution in [0.4, 0.5) is 0 Å². The fraction of sp³-hybridized carbons (Fsp3) is 0.727. The molecule has 5 heteroatoms. The molecule has 0 unspecified atom stereocenters. The lowest BCUT2D eigenvalue weighted by Gasteiger charge is -2.29. The number of ether oxygens (including phenoxy) is 1. The molecule has 27 heavy (non-hydrogen) atoms. The molecule has 1 amide bonds. The average Bonchev–Trinajstić information content (AvgIpc) is 3.42. The zero-order chi connectivity index (χ0) is 18.3. The number of amides is 1. The van der Waals surface area contributed by atoms with Gasteiger partial charge in [-0.3, -0.25) is 14.7 Å². The van der Waals surface area contributed by atoms with Crippen molar-refractivity contribution >= 4 is 5.91 Å². The quantitative estimate of drug-likeness (QED) is 0.838. The number of rotatable bonds is 6. The van der Waals surface area contributed by atoms with Crippen LogP contribution < -0.4 is 5.32 Å².